The van der Waals surface area contributed by atoms with Gasteiger partial charge >= 0.3 is 0 Å². The van der Waals surface area contributed by atoms with Crippen LogP contribution in [0.15, 0.2) is 140 Å². The lowest BCUT2D eigenvalue weighted by molar-refractivity contribution is 0.0776. The van der Waals surface area contributed by atoms with Crippen LogP contribution in [0.25, 0.3) is 67.9 Å². The molecule has 10 rings (SSSR count). The molecule has 0 radical (unpaired) electrons. The third-order valence-electron chi connectivity index (χ3n) is 13.1. The van der Waals surface area contributed by atoms with Crippen molar-refractivity contribution >= 4 is 31.3 Å². The van der Waals surface area contributed by atoms with E-state index in [1.165, 1.54) is 11.1 Å². The van der Waals surface area contributed by atoms with Crippen molar-refractivity contribution in [3.63, 3.8) is 0 Å². The van der Waals surface area contributed by atoms with Crippen LogP contribution in [0.1, 0.15) is 58.1 Å². The highest BCUT2D eigenvalue weighted by molar-refractivity contribution is 7.92. The average molecular weight is 1050 g/mol. The van der Waals surface area contributed by atoms with E-state index in [-0.39, 0.29) is 21.4 Å². The number of hydrogen-bond donors (Lipinski definition) is 4. The van der Waals surface area contributed by atoms with Gasteiger partial charge in [-0.3, -0.25) is 0 Å². The van der Waals surface area contributed by atoms with Crippen LogP contribution in [0.2, 0.25) is 0 Å². The highest BCUT2D eigenvalue weighted by atomic mass is 32.2. The number of nitrogen functional groups attached to an aromatic ring is 2. The van der Waals surface area contributed by atoms with Crippen LogP contribution < -0.4 is 22.1 Å². The maximum absolute atomic E-state index is 12.4. The first kappa shape index (κ1) is 52.7. The average Bonchev–Trinajstić information content (AvgIpc) is 4.26. The van der Waals surface area contributed by atoms with Gasteiger partial charge in [0.2, 0.25) is 0 Å². The molecule has 2 aliphatic rings. The van der Waals surface area contributed by atoms with Crippen LogP contribution >= 0.6 is 0 Å². The second-order valence-corrected chi connectivity index (χ2v) is 24.0. The predicted molar refractivity (Wildman–Crippen MR) is 287 cm³/mol. The van der Waals surface area contributed by atoms with Gasteiger partial charge < -0.3 is 40.6 Å². The lowest BCUT2D eigenvalue weighted by Crippen LogP contribution is -2.34. The van der Waals surface area contributed by atoms with Gasteiger partial charge in [0.15, 0.2) is 54.2 Å². The van der Waals surface area contributed by atoms with Crippen molar-refractivity contribution in [2.24, 2.45) is 0 Å². The summed E-state index contributed by atoms with van der Waals surface area (Å²) in [6.45, 7) is 11.4. The molecule has 0 aliphatic carbocycles. The summed E-state index contributed by atoms with van der Waals surface area (Å²) in [5.41, 5.74) is 21.0. The van der Waals surface area contributed by atoms with Gasteiger partial charge in [0, 0.05) is 79.4 Å². The number of aromatic nitrogens is 6. The standard InChI is InChI=1S/C28H31N5O4S.C27H29N5O4S/c1-18(2)38(34,35)23-9-7-21(8-10-23)25-17-31-28(29)27(32-25)26-15-24(33-37-26)20-5-3-19(4-6-20)16-30-22-11-13-36-14-12-22;1-17(2)37(33,34)22-9-7-20(8-10-22)24-15-30-27(28)26(31-24)25-13-23(32-36-25)19-5-3-18(4-6-19)14-29-21-11-12-35-16-21/h3-10,15,17-18,22,30H,11-14,16H2,1-2H3,(H2,29,31);3-10,13,15,17,21,29H,11-12,14,16H2,1-2H3,(H2,28,30)/t;21-/m.0/s1. The summed E-state index contributed by atoms with van der Waals surface area (Å²) in [5, 5.41) is 14.5. The molecule has 0 spiro atoms. The molecule has 1 atom stereocenters. The van der Waals surface area contributed by atoms with Crippen molar-refractivity contribution in [2.75, 3.05) is 37.9 Å². The van der Waals surface area contributed by atoms with Crippen molar-refractivity contribution in [1.29, 1.82) is 0 Å². The Balaban J connectivity index is 0.000000184. The van der Waals surface area contributed by atoms with E-state index in [1.54, 1.807) is 101 Å². The number of sulfone groups is 2. The zero-order chi connectivity index (χ0) is 52.7. The Morgan fingerprint density at radius 1 is 0.520 bits per heavy atom. The van der Waals surface area contributed by atoms with E-state index in [9.17, 15) is 16.8 Å². The number of ether oxygens (including phenoxy) is 2. The fourth-order valence-corrected chi connectivity index (χ4v) is 10.5. The Kier molecular flexibility index (Phi) is 16.2. The number of nitrogens with one attached hydrogen (secondary N) is 2. The summed E-state index contributed by atoms with van der Waals surface area (Å²) >= 11 is 0. The summed E-state index contributed by atoms with van der Waals surface area (Å²) in [7, 11) is -6.71. The normalized spacial score (nSPS) is 15.3. The van der Waals surface area contributed by atoms with Crippen LogP contribution in [0.5, 0.6) is 0 Å². The summed E-state index contributed by atoms with van der Waals surface area (Å²) in [5.74, 6) is 1.22. The molecule has 4 aromatic heterocycles. The van der Waals surface area contributed by atoms with E-state index in [2.05, 4.69) is 65.1 Å². The van der Waals surface area contributed by atoms with E-state index < -0.39 is 30.2 Å². The molecule has 6 heterocycles. The number of benzene rings is 4. The second kappa shape index (κ2) is 23.1. The minimum Gasteiger partial charge on any atom is -0.382 e. The minimum absolute atomic E-state index is 0.211. The first-order chi connectivity index (χ1) is 36.1. The maximum atomic E-state index is 12.4. The van der Waals surface area contributed by atoms with Gasteiger partial charge in [-0.15, -0.1) is 0 Å². The molecular weight excluding hydrogens is 993 g/mol. The highest BCUT2D eigenvalue weighted by Gasteiger charge is 2.23. The third kappa shape index (κ3) is 12.5. The van der Waals surface area contributed by atoms with Crippen LogP contribution in [0, 0.1) is 0 Å². The van der Waals surface area contributed by atoms with E-state index >= 15 is 0 Å². The number of nitrogens with two attached hydrogens (primary N) is 2. The summed E-state index contributed by atoms with van der Waals surface area (Å²) in [4.78, 5) is 18.4. The smallest absolute Gasteiger partial charge is 0.189 e. The molecule has 2 saturated heterocycles. The van der Waals surface area contributed by atoms with Crippen LogP contribution in [-0.2, 0) is 42.2 Å². The van der Waals surface area contributed by atoms with Crippen molar-refractivity contribution < 1.29 is 35.4 Å². The van der Waals surface area contributed by atoms with Gasteiger partial charge in [0.1, 0.15) is 11.4 Å². The van der Waals surface area contributed by atoms with Crippen molar-refractivity contribution in [3.8, 4) is 67.9 Å². The monoisotopic (exact) mass is 1050 g/mol. The van der Waals surface area contributed by atoms with Crippen LogP contribution in [-0.4, -0.2) is 96.1 Å². The minimum atomic E-state index is -3.36. The van der Waals surface area contributed by atoms with Crippen molar-refractivity contribution in [2.45, 2.75) is 92.4 Å². The Morgan fingerprint density at radius 2 is 0.893 bits per heavy atom. The Morgan fingerprint density at radius 3 is 1.29 bits per heavy atom. The number of nitrogens with zero attached hydrogens (tertiary/aromatic N) is 6. The lowest BCUT2D eigenvalue weighted by atomic mass is 10.1. The molecule has 390 valence electrons. The largest absolute Gasteiger partial charge is 0.382 e. The van der Waals surface area contributed by atoms with E-state index in [0.29, 0.717) is 68.9 Å². The van der Waals surface area contributed by atoms with Gasteiger partial charge in [-0.05, 0) is 82.3 Å². The molecule has 0 unspecified atom stereocenters. The molecular formula is C55H60N10O8S2. The zero-order valence-electron chi connectivity index (χ0n) is 42.1. The third-order valence-corrected chi connectivity index (χ3v) is 17.5. The van der Waals surface area contributed by atoms with Gasteiger partial charge in [-0.2, -0.15) is 0 Å². The SMILES string of the molecule is CC(C)S(=O)(=O)c1ccc(-c2cnc(N)c(-c3cc(-c4ccc(CNC5CCOCC5)cc4)no3)n2)cc1.CC(C)S(=O)(=O)c1ccc(-c2cnc(N)c(-c3cc(-c4ccc(CN[C@H]5CCOC5)cc4)no3)n2)cc1. The molecule has 2 aliphatic heterocycles. The molecule has 6 N–H and O–H groups in total. The van der Waals surface area contributed by atoms with Crippen LogP contribution in [0.3, 0.4) is 0 Å². The predicted octanol–water partition coefficient (Wildman–Crippen LogP) is 8.61. The van der Waals surface area contributed by atoms with E-state index in [1.807, 2.05) is 24.3 Å². The van der Waals surface area contributed by atoms with Gasteiger partial charge in [-0.25, -0.2) is 36.8 Å². The molecule has 18 nitrogen and oxygen atoms in total. The quantitative estimate of drug-likeness (QED) is 0.0705. The Labute approximate surface area is 436 Å². The lowest BCUT2D eigenvalue weighted by Gasteiger charge is -2.23. The summed E-state index contributed by atoms with van der Waals surface area (Å²) < 4.78 is 71.7. The summed E-state index contributed by atoms with van der Waals surface area (Å²) in [6.07, 6.45) is 6.22. The fourth-order valence-electron chi connectivity index (χ4n) is 8.37. The van der Waals surface area contributed by atoms with Gasteiger partial charge in [0.05, 0.1) is 50.7 Å². The fraction of sp³-hybridized carbons (Fsp3) is 0.309. The Bertz CT molecular complexity index is 3430. The molecule has 2 fully saturated rings. The molecule has 0 saturated carbocycles. The number of rotatable bonds is 16. The summed E-state index contributed by atoms with van der Waals surface area (Å²) in [6, 6.07) is 33.9. The van der Waals surface area contributed by atoms with E-state index in [0.717, 1.165) is 69.9 Å². The zero-order valence-corrected chi connectivity index (χ0v) is 43.8. The van der Waals surface area contributed by atoms with Crippen molar-refractivity contribution in [1.82, 2.24) is 40.9 Å². The number of hydrogen-bond acceptors (Lipinski definition) is 18. The highest BCUT2D eigenvalue weighted by Crippen LogP contribution is 2.33. The van der Waals surface area contributed by atoms with Gasteiger partial charge in [0.25, 0.3) is 0 Å². The first-order valence-electron chi connectivity index (χ1n) is 24.8. The van der Waals surface area contributed by atoms with Crippen LogP contribution in [0.4, 0.5) is 11.6 Å². The van der Waals surface area contributed by atoms with Gasteiger partial charge in [-0.1, -0.05) is 83.1 Å². The molecule has 4 aromatic carbocycles. The second-order valence-electron chi connectivity index (χ2n) is 19.0. The topological polar surface area (TPSA) is 266 Å². The molecule has 75 heavy (non-hydrogen) atoms. The molecule has 8 aromatic rings. The Hall–Kier alpha value is -7.20. The maximum Gasteiger partial charge on any atom is 0.189 e. The molecule has 0 amide bonds. The van der Waals surface area contributed by atoms with Crippen molar-refractivity contribution in [3.05, 3.63) is 133 Å². The number of anilines is 2. The molecule has 0 bridgehead atoms. The molecule has 20 heteroatoms. The van der Waals surface area contributed by atoms with E-state index in [4.69, 9.17) is 30.0 Å². The first-order valence-corrected chi connectivity index (χ1v) is 27.9.